The highest BCUT2D eigenvalue weighted by Gasteiger charge is 2.06. The Kier molecular flexibility index (Phi) is 4.34. The van der Waals surface area contributed by atoms with Gasteiger partial charge in [-0.25, -0.2) is 4.98 Å². The van der Waals surface area contributed by atoms with Crippen LogP contribution in [0.15, 0.2) is 48.0 Å². The summed E-state index contributed by atoms with van der Waals surface area (Å²) >= 11 is 1.54. The summed E-state index contributed by atoms with van der Waals surface area (Å²) in [6.07, 6.45) is 0. The highest BCUT2D eigenvalue weighted by atomic mass is 32.1. The molecule has 0 aliphatic carbocycles. The van der Waals surface area contributed by atoms with Gasteiger partial charge in [-0.2, -0.15) is 0 Å². The van der Waals surface area contributed by atoms with Crippen LogP contribution in [0.1, 0.15) is 10.6 Å². The van der Waals surface area contributed by atoms with Crippen LogP contribution in [0.4, 0.5) is 0 Å². The molecule has 1 N–H and O–H groups in total. The quantitative estimate of drug-likeness (QED) is 0.786. The van der Waals surface area contributed by atoms with Crippen molar-refractivity contribution in [3.8, 4) is 5.75 Å². The van der Waals surface area contributed by atoms with E-state index in [1.54, 1.807) is 16.8 Å². The van der Waals surface area contributed by atoms with Crippen molar-refractivity contribution in [2.45, 2.75) is 13.5 Å². The van der Waals surface area contributed by atoms with Gasteiger partial charge in [0.1, 0.15) is 5.75 Å². The van der Waals surface area contributed by atoms with E-state index in [9.17, 15) is 4.79 Å². The average molecular weight is 312 g/mol. The number of hydrogen-bond acceptors (Lipinski definition) is 4. The second kappa shape index (κ2) is 6.58. The first kappa shape index (κ1) is 14.5. The van der Waals surface area contributed by atoms with Crippen molar-refractivity contribution in [2.24, 2.45) is 0 Å². The molecule has 0 radical (unpaired) electrons. The summed E-state index contributed by atoms with van der Waals surface area (Å²) in [5.74, 6) is 0.559. The van der Waals surface area contributed by atoms with Gasteiger partial charge in [-0.05, 0) is 29.8 Å². The van der Waals surface area contributed by atoms with Crippen LogP contribution in [-0.4, -0.2) is 17.5 Å². The van der Waals surface area contributed by atoms with Crippen LogP contribution in [0.2, 0.25) is 0 Å². The third-order valence-corrected chi connectivity index (χ3v) is 4.32. The van der Waals surface area contributed by atoms with Crippen molar-refractivity contribution in [3.63, 3.8) is 0 Å². The number of aryl methyl sites for hydroxylation is 1. The summed E-state index contributed by atoms with van der Waals surface area (Å²) in [5.41, 5.74) is 2.74. The topological polar surface area (TPSA) is 51.2 Å². The lowest BCUT2D eigenvalue weighted by Crippen LogP contribution is -2.28. The summed E-state index contributed by atoms with van der Waals surface area (Å²) in [6.45, 7) is 2.44. The molecule has 0 spiro atoms. The fraction of sp³-hybridized carbons (Fsp3) is 0.176. The van der Waals surface area contributed by atoms with Crippen LogP contribution in [0.5, 0.6) is 5.75 Å². The molecule has 0 saturated heterocycles. The molecule has 112 valence electrons. The van der Waals surface area contributed by atoms with Crippen molar-refractivity contribution < 1.29 is 9.53 Å². The number of aromatic nitrogens is 1. The van der Waals surface area contributed by atoms with E-state index in [1.165, 1.54) is 0 Å². The zero-order valence-corrected chi connectivity index (χ0v) is 13.0. The minimum absolute atomic E-state index is 0.0101. The number of carbonyl (C=O) groups is 1. The van der Waals surface area contributed by atoms with E-state index in [4.69, 9.17) is 4.74 Å². The third-order valence-electron chi connectivity index (χ3n) is 3.38. The Morgan fingerprint density at radius 3 is 2.82 bits per heavy atom. The van der Waals surface area contributed by atoms with Gasteiger partial charge in [-0.15, -0.1) is 11.3 Å². The van der Waals surface area contributed by atoms with Gasteiger partial charge in [0.25, 0.3) is 5.91 Å². The lowest BCUT2D eigenvalue weighted by atomic mass is 10.1. The Balaban J connectivity index is 1.54. The summed E-state index contributed by atoms with van der Waals surface area (Å²) in [5, 5.41) is 5.09. The number of nitrogens with one attached hydrogen (secondary N) is 1. The molecule has 4 nitrogen and oxygen atoms in total. The minimum Gasteiger partial charge on any atom is -0.484 e. The largest absolute Gasteiger partial charge is 0.484 e. The molecule has 5 heteroatoms. The van der Waals surface area contributed by atoms with E-state index in [0.717, 1.165) is 21.3 Å². The molecule has 0 aliphatic rings. The number of rotatable bonds is 5. The summed E-state index contributed by atoms with van der Waals surface area (Å²) in [7, 11) is 0. The van der Waals surface area contributed by atoms with Crippen molar-refractivity contribution >= 4 is 28.0 Å². The number of amides is 1. The molecule has 0 bridgehead atoms. The molecular weight excluding hydrogens is 296 g/mol. The highest BCUT2D eigenvalue weighted by molar-refractivity contribution is 7.09. The molecule has 1 heterocycles. The van der Waals surface area contributed by atoms with Crippen LogP contribution in [0, 0.1) is 6.92 Å². The fourth-order valence-corrected chi connectivity index (χ4v) is 2.85. The number of benzene rings is 2. The maximum absolute atomic E-state index is 11.8. The molecule has 0 saturated carbocycles. The van der Waals surface area contributed by atoms with Gasteiger partial charge in [-0.3, -0.25) is 4.79 Å². The monoisotopic (exact) mass is 312 g/mol. The molecule has 0 fully saturated rings. The molecular formula is C17H16N2O2S. The maximum Gasteiger partial charge on any atom is 0.258 e. The molecule has 0 atom stereocenters. The average Bonchev–Trinajstić information content (AvgIpc) is 2.96. The van der Waals surface area contributed by atoms with Crippen LogP contribution in [0.25, 0.3) is 10.8 Å². The first-order valence-corrected chi connectivity index (χ1v) is 7.87. The van der Waals surface area contributed by atoms with E-state index < -0.39 is 0 Å². The summed E-state index contributed by atoms with van der Waals surface area (Å²) < 4.78 is 5.55. The molecule has 2 aromatic carbocycles. The van der Waals surface area contributed by atoms with Crippen molar-refractivity contribution in [2.75, 3.05) is 6.61 Å². The van der Waals surface area contributed by atoms with Crippen LogP contribution in [0.3, 0.4) is 0 Å². The molecule has 0 unspecified atom stereocenters. The Morgan fingerprint density at radius 1 is 1.23 bits per heavy atom. The zero-order chi connectivity index (χ0) is 15.4. The smallest absolute Gasteiger partial charge is 0.258 e. The lowest BCUT2D eigenvalue weighted by Gasteiger charge is -2.08. The third kappa shape index (κ3) is 3.43. The van der Waals surface area contributed by atoms with Gasteiger partial charge in [0.15, 0.2) is 6.61 Å². The van der Waals surface area contributed by atoms with E-state index >= 15 is 0 Å². The fourth-order valence-electron chi connectivity index (χ4n) is 2.13. The van der Waals surface area contributed by atoms with Gasteiger partial charge in [0.2, 0.25) is 0 Å². The molecule has 3 aromatic rings. The predicted molar refractivity (Wildman–Crippen MR) is 88.1 cm³/mol. The first-order chi connectivity index (χ1) is 10.7. The Morgan fingerprint density at radius 2 is 2.05 bits per heavy atom. The van der Waals surface area contributed by atoms with Gasteiger partial charge in [-0.1, -0.05) is 30.3 Å². The van der Waals surface area contributed by atoms with Crippen LogP contribution in [-0.2, 0) is 11.3 Å². The Labute approximate surface area is 132 Å². The van der Waals surface area contributed by atoms with E-state index in [2.05, 4.69) is 10.3 Å². The standard InChI is InChI=1S/C17H16N2O2S/c1-12-16(22-11-19-12)9-18-17(20)10-21-15-7-6-13-4-2-3-5-14(13)8-15/h2-8,11H,9-10H2,1H3,(H,18,20). The van der Waals surface area contributed by atoms with Gasteiger partial charge < -0.3 is 10.1 Å². The normalized spacial score (nSPS) is 10.6. The second-order valence-electron chi connectivity index (χ2n) is 4.94. The number of nitrogens with zero attached hydrogens (tertiary/aromatic N) is 1. The number of hydrogen-bond donors (Lipinski definition) is 1. The van der Waals surface area contributed by atoms with Gasteiger partial charge in [0.05, 0.1) is 17.7 Å². The van der Waals surface area contributed by atoms with Crippen LogP contribution >= 0.6 is 11.3 Å². The number of fused-ring (bicyclic) bond motifs is 1. The Bertz CT molecular complexity index is 798. The Hall–Kier alpha value is -2.40. The van der Waals surface area contributed by atoms with E-state index in [-0.39, 0.29) is 12.5 Å². The number of ether oxygens (including phenoxy) is 1. The van der Waals surface area contributed by atoms with E-state index in [1.807, 2.05) is 49.4 Å². The predicted octanol–water partition coefficient (Wildman–Crippen LogP) is 3.30. The number of thiazole rings is 1. The molecule has 3 rings (SSSR count). The van der Waals surface area contributed by atoms with Crippen molar-refractivity contribution in [1.82, 2.24) is 10.3 Å². The summed E-state index contributed by atoms with van der Waals surface area (Å²) in [6, 6.07) is 13.9. The van der Waals surface area contributed by atoms with Gasteiger partial charge >= 0.3 is 0 Å². The lowest BCUT2D eigenvalue weighted by molar-refractivity contribution is -0.123. The SMILES string of the molecule is Cc1ncsc1CNC(=O)COc1ccc2ccccc2c1. The highest BCUT2D eigenvalue weighted by Crippen LogP contribution is 2.20. The van der Waals surface area contributed by atoms with Crippen molar-refractivity contribution in [3.05, 3.63) is 58.5 Å². The minimum atomic E-state index is -0.138. The summed E-state index contributed by atoms with van der Waals surface area (Å²) in [4.78, 5) is 17.1. The first-order valence-electron chi connectivity index (χ1n) is 6.99. The maximum atomic E-state index is 11.8. The molecule has 1 amide bonds. The molecule has 22 heavy (non-hydrogen) atoms. The van der Waals surface area contributed by atoms with E-state index in [0.29, 0.717) is 12.3 Å². The molecule has 0 aliphatic heterocycles. The van der Waals surface area contributed by atoms with Gasteiger partial charge in [0, 0.05) is 4.88 Å². The van der Waals surface area contributed by atoms with Crippen LogP contribution < -0.4 is 10.1 Å². The number of carbonyl (C=O) groups excluding carboxylic acids is 1. The molecule has 1 aromatic heterocycles. The second-order valence-corrected chi connectivity index (χ2v) is 5.87. The zero-order valence-electron chi connectivity index (χ0n) is 12.2. The van der Waals surface area contributed by atoms with Crippen molar-refractivity contribution in [1.29, 1.82) is 0 Å².